The van der Waals surface area contributed by atoms with Gasteiger partial charge < -0.3 is 20.1 Å². The minimum absolute atomic E-state index is 0.0894. The van der Waals surface area contributed by atoms with E-state index in [-0.39, 0.29) is 32.3 Å². The predicted octanol–water partition coefficient (Wildman–Crippen LogP) is 20.7. The number of hydrogen-bond acceptors (Lipinski definition) is 7. The van der Waals surface area contributed by atoms with Crippen LogP contribution >= 0.6 is 7.82 Å². The molecule has 426 valence electrons. The fourth-order valence-corrected chi connectivity index (χ4v) is 10.8. The van der Waals surface area contributed by atoms with Crippen LogP contribution in [0.1, 0.15) is 354 Å². The molecule has 0 aliphatic carbocycles. The summed E-state index contributed by atoms with van der Waals surface area (Å²) in [6.45, 7) is 5.03. The van der Waals surface area contributed by atoms with Gasteiger partial charge in [-0.2, -0.15) is 0 Å². The van der Waals surface area contributed by atoms with Gasteiger partial charge >= 0.3 is 13.8 Å². The molecule has 0 saturated carbocycles. The molecule has 0 aromatic heterocycles. The maximum Gasteiger partial charge on any atom is 0.472 e. The van der Waals surface area contributed by atoms with Crippen LogP contribution in [0, 0.1) is 0 Å². The highest BCUT2D eigenvalue weighted by atomic mass is 31.2. The first-order chi connectivity index (χ1) is 34.9. The summed E-state index contributed by atoms with van der Waals surface area (Å²) in [6.07, 6.45) is 70.5. The average molecular weight is 1030 g/mol. The number of rotatable bonds is 63. The summed E-state index contributed by atoms with van der Waals surface area (Å²) in [6, 6.07) is 0. The van der Waals surface area contributed by atoms with Gasteiger partial charge in [-0.15, -0.1) is 0 Å². The van der Waals surface area contributed by atoms with Crippen molar-refractivity contribution in [2.75, 3.05) is 33.0 Å². The molecule has 71 heavy (non-hydrogen) atoms. The zero-order valence-corrected chi connectivity index (χ0v) is 48.9. The molecular formula is C62H126NO7P. The Bertz CT molecular complexity index is 1060. The van der Waals surface area contributed by atoms with Crippen LogP contribution < -0.4 is 5.73 Å². The first-order valence-corrected chi connectivity index (χ1v) is 33.5. The van der Waals surface area contributed by atoms with Crippen molar-refractivity contribution in [3.63, 3.8) is 0 Å². The summed E-state index contributed by atoms with van der Waals surface area (Å²) in [4.78, 5) is 22.7. The van der Waals surface area contributed by atoms with Crippen LogP contribution in [0.5, 0.6) is 0 Å². The lowest BCUT2D eigenvalue weighted by molar-refractivity contribution is -0.154. The summed E-state index contributed by atoms with van der Waals surface area (Å²) >= 11 is 0. The summed E-state index contributed by atoms with van der Waals surface area (Å²) < 4.78 is 33.8. The topological polar surface area (TPSA) is 117 Å². The second-order valence-electron chi connectivity index (χ2n) is 22.0. The number of hydrogen-bond donors (Lipinski definition) is 2. The highest BCUT2D eigenvalue weighted by Gasteiger charge is 2.25. The fourth-order valence-electron chi connectivity index (χ4n) is 10.1. The molecule has 0 heterocycles. The first-order valence-electron chi connectivity index (χ1n) is 32.0. The third-order valence-corrected chi connectivity index (χ3v) is 15.8. The van der Waals surface area contributed by atoms with E-state index in [4.69, 9.17) is 24.3 Å². The van der Waals surface area contributed by atoms with Crippen molar-refractivity contribution in [3.8, 4) is 0 Å². The molecule has 0 aliphatic rings. The highest BCUT2D eigenvalue weighted by molar-refractivity contribution is 7.47. The third-order valence-electron chi connectivity index (χ3n) is 14.8. The molecule has 0 radical (unpaired) electrons. The van der Waals surface area contributed by atoms with Crippen molar-refractivity contribution in [3.05, 3.63) is 0 Å². The molecular weight excluding hydrogens is 902 g/mol. The van der Waals surface area contributed by atoms with Crippen molar-refractivity contribution < 1.29 is 32.8 Å². The average Bonchev–Trinajstić information content (AvgIpc) is 3.36. The number of carbonyl (C=O) groups is 1. The Morgan fingerprint density at radius 1 is 0.366 bits per heavy atom. The molecule has 0 spiro atoms. The number of nitrogens with two attached hydrogens (primary N) is 1. The molecule has 8 nitrogen and oxygen atoms in total. The molecule has 0 aliphatic heterocycles. The van der Waals surface area contributed by atoms with Crippen molar-refractivity contribution in [2.24, 2.45) is 5.73 Å². The predicted molar refractivity (Wildman–Crippen MR) is 308 cm³/mol. The van der Waals surface area contributed by atoms with E-state index < -0.39 is 13.9 Å². The Morgan fingerprint density at radius 2 is 0.620 bits per heavy atom. The molecule has 0 amide bonds. The lowest BCUT2D eigenvalue weighted by Gasteiger charge is -2.20. The molecule has 2 atom stereocenters. The SMILES string of the molecule is CCCCCCCCCCCCCCCCCCCCCCCCCCCCCCCCCCC(=O)O[C@H](COCCCCCCCCCCCCCCCCCCCCCC)COP(=O)(O)OCCN. The number of esters is 1. The molecule has 1 unspecified atom stereocenters. The Balaban J connectivity index is 3.72. The quantitative estimate of drug-likeness (QED) is 0.0351. The monoisotopic (exact) mass is 1030 g/mol. The van der Waals surface area contributed by atoms with E-state index in [0.29, 0.717) is 13.0 Å². The van der Waals surface area contributed by atoms with E-state index in [9.17, 15) is 14.3 Å². The summed E-state index contributed by atoms with van der Waals surface area (Å²) in [7, 11) is -4.28. The van der Waals surface area contributed by atoms with E-state index in [1.165, 1.54) is 302 Å². The lowest BCUT2D eigenvalue weighted by Crippen LogP contribution is -2.28. The van der Waals surface area contributed by atoms with Gasteiger partial charge in [0.25, 0.3) is 0 Å². The summed E-state index contributed by atoms with van der Waals surface area (Å²) in [5.74, 6) is -0.317. The van der Waals surface area contributed by atoms with E-state index in [2.05, 4.69) is 13.8 Å². The van der Waals surface area contributed by atoms with Crippen molar-refractivity contribution in [1.29, 1.82) is 0 Å². The molecule has 0 bridgehead atoms. The number of ether oxygens (including phenoxy) is 2. The zero-order chi connectivity index (χ0) is 51.5. The van der Waals surface area contributed by atoms with Crippen LogP contribution in [-0.2, 0) is 27.9 Å². The summed E-state index contributed by atoms with van der Waals surface area (Å²) in [5, 5.41) is 0. The Kier molecular flexibility index (Phi) is 59.9. The van der Waals surface area contributed by atoms with Gasteiger partial charge in [-0.3, -0.25) is 13.8 Å². The maximum atomic E-state index is 12.7. The van der Waals surface area contributed by atoms with Gasteiger partial charge in [0, 0.05) is 19.6 Å². The Labute approximate surface area is 443 Å². The van der Waals surface area contributed by atoms with Crippen LogP contribution in [0.15, 0.2) is 0 Å². The van der Waals surface area contributed by atoms with Gasteiger partial charge in [0.15, 0.2) is 0 Å². The first kappa shape index (κ1) is 70.5. The van der Waals surface area contributed by atoms with Crippen LogP contribution in [-0.4, -0.2) is 49.9 Å². The Morgan fingerprint density at radius 3 is 0.887 bits per heavy atom. The maximum absolute atomic E-state index is 12.7. The van der Waals surface area contributed by atoms with E-state index in [1.54, 1.807) is 0 Å². The second-order valence-corrected chi connectivity index (χ2v) is 23.5. The van der Waals surface area contributed by atoms with E-state index in [1.807, 2.05) is 0 Å². The second kappa shape index (κ2) is 60.4. The molecule has 0 saturated heterocycles. The molecule has 3 N–H and O–H groups in total. The highest BCUT2D eigenvalue weighted by Crippen LogP contribution is 2.43. The normalized spacial score (nSPS) is 13.0. The van der Waals surface area contributed by atoms with Crippen molar-refractivity contribution >= 4 is 13.8 Å². The lowest BCUT2D eigenvalue weighted by atomic mass is 10.0. The number of phosphoric acid groups is 1. The van der Waals surface area contributed by atoms with E-state index >= 15 is 0 Å². The molecule has 0 rings (SSSR count). The molecule has 0 aromatic carbocycles. The van der Waals surface area contributed by atoms with Crippen molar-refractivity contribution in [1.82, 2.24) is 0 Å². The smallest absolute Gasteiger partial charge is 0.457 e. The van der Waals surface area contributed by atoms with Gasteiger partial charge in [0.2, 0.25) is 0 Å². The minimum Gasteiger partial charge on any atom is -0.457 e. The van der Waals surface area contributed by atoms with Crippen LogP contribution in [0.2, 0.25) is 0 Å². The van der Waals surface area contributed by atoms with Crippen LogP contribution in [0.25, 0.3) is 0 Å². The number of unbranched alkanes of at least 4 members (excludes halogenated alkanes) is 50. The van der Waals surface area contributed by atoms with Gasteiger partial charge in [-0.1, -0.05) is 335 Å². The molecule has 0 aromatic rings. The van der Waals surface area contributed by atoms with Crippen LogP contribution in [0.4, 0.5) is 0 Å². The number of carbonyl (C=O) groups excluding carboxylic acids is 1. The molecule has 9 heteroatoms. The van der Waals surface area contributed by atoms with Gasteiger partial charge in [0.05, 0.1) is 19.8 Å². The number of phosphoric ester groups is 1. The minimum atomic E-state index is -4.28. The third kappa shape index (κ3) is 60.2. The van der Waals surface area contributed by atoms with Gasteiger partial charge in [0.1, 0.15) is 6.10 Å². The van der Waals surface area contributed by atoms with E-state index in [0.717, 1.165) is 32.1 Å². The summed E-state index contributed by atoms with van der Waals surface area (Å²) in [5.41, 5.74) is 5.41. The van der Waals surface area contributed by atoms with Gasteiger partial charge in [-0.05, 0) is 12.8 Å². The fraction of sp³-hybridized carbons (Fsp3) is 0.984. The van der Waals surface area contributed by atoms with Crippen molar-refractivity contribution in [2.45, 2.75) is 360 Å². The standard InChI is InChI=1S/C62H126NO7P/c1-3-5-7-9-11-13-15-17-19-21-23-25-26-27-28-29-30-31-32-33-34-35-36-37-39-41-43-45-47-49-51-53-55-62(64)70-61(60-69-71(65,66)68-58-56-63)59-67-57-54-52-50-48-46-44-42-40-38-24-22-20-18-16-14-12-10-8-6-4-2/h61H,3-60,63H2,1-2H3,(H,65,66)/t61-/m1/s1. The Hall–Kier alpha value is -0.500. The molecule has 0 fully saturated rings. The zero-order valence-electron chi connectivity index (χ0n) is 48.0. The largest absolute Gasteiger partial charge is 0.472 e. The van der Waals surface area contributed by atoms with Crippen LogP contribution in [0.3, 0.4) is 0 Å². The van der Waals surface area contributed by atoms with Gasteiger partial charge in [-0.25, -0.2) is 4.57 Å².